The van der Waals surface area contributed by atoms with Crippen LogP contribution in [0.5, 0.6) is 0 Å². The second-order valence-corrected chi connectivity index (χ2v) is 9.67. The van der Waals surface area contributed by atoms with E-state index in [1.54, 1.807) is 4.90 Å². The molecule has 9 nitrogen and oxygen atoms in total. The van der Waals surface area contributed by atoms with Gasteiger partial charge in [-0.15, -0.1) is 0 Å². The quantitative estimate of drug-likeness (QED) is 0.567. The maximum Gasteiger partial charge on any atom is 0.417 e. The number of likely N-dealkylation sites (tertiary alicyclic amines) is 1. The summed E-state index contributed by atoms with van der Waals surface area (Å²) in [4.78, 5) is 45.6. The number of pyridine rings is 1. The molecule has 2 N–H and O–H groups in total. The number of nitrogens with zero attached hydrogens (tertiary/aromatic N) is 3. The molecule has 1 saturated heterocycles. The zero-order valence-electron chi connectivity index (χ0n) is 20.1. The molecule has 3 heterocycles. The predicted octanol–water partition coefficient (Wildman–Crippen LogP) is 2.88. The Kier molecular flexibility index (Phi) is 6.41. The van der Waals surface area contributed by atoms with Crippen LogP contribution in [0.25, 0.3) is 16.9 Å². The minimum absolute atomic E-state index is 0.0247. The van der Waals surface area contributed by atoms with Gasteiger partial charge in [0.1, 0.15) is 5.82 Å². The van der Waals surface area contributed by atoms with Crippen molar-refractivity contribution in [3.8, 4) is 5.82 Å². The summed E-state index contributed by atoms with van der Waals surface area (Å²) in [5.41, 5.74) is -1.16. The molecule has 0 unspecified atom stereocenters. The average molecular weight is 505 g/mol. The highest BCUT2D eigenvalue weighted by molar-refractivity contribution is 5.97. The first kappa shape index (κ1) is 25.4. The normalized spacial score (nSPS) is 18.6. The number of ether oxygens (including phenoxy) is 1. The Bertz CT molecular complexity index is 1360. The number of hydrogen-bond donors (Lipinski definition) is 2. The van der Waals surface area contributed by atoms with Crippen LogP contribution in [0.4, 0.5) is 13.2 Å². The van der Waals surface area contributed by atoms with Crippen molar-refractivity contribution in [2.45, 2.75) is 51.6 Å². The van der Waals surface area contributed by atoms with Gasteiger partial charge < -0.3 is 19.9 Å². The van der Waals surface area contributed by atoms with Gasteiger partial charge in [0, 0.05) is 31.8 Å². The third-order valence-corrected chi connectivity index (χ3v) is 5.78. The van der Waals surface area contributed by atoms with Gasteiger partial charge in [-0.05, 0) is 51.1 Å². The zero-order valence-corrected chi connectivity index (χ0v) is 20.1. The van der Waals surface area contributed by atoms with Crippen molar-refractivity contribution in [3.05, 3.63) is 58.1 Å². The van der Waals surface area contributed by atoms with Crippen LogP contribution in [-0.4, -0.2) is 62.1 Å². The molecule has 1 aliphatic rings. The van der Waals surface area contributed by atoms with E-state index in [1.165, 1.54) is 25.1 Å². The number of halogens is 3. The van der Waals surface area contributed by atoms with Crippen LogP contribution < -0.4 is 11.0 Å². The number of imidazole rings is 1. The number of alkyl halides is 3. The number of H-pyrrole nitrogens is 1. The summed E-state index contributed by atoms with van der Waals surface area (Å²) in [7, 11) is 0. The molecule has 36 heavy (non-hydrogen) atoms. The number of carbonyl (C=O) groups excluding carboxylic acids is 2. The molecule has 2 amide bonds. The fraction of sp³-hybridized carbons (Fsp3) is 0.417. The van der Waals surface area contributed by atoms with Crippen molar-refractivity contribution in [3.63, 3.8) is 0 Å². The van der Waals surface area contributed by atoms with E-state index < -0.39 is 41.1 Å². The SMILES string of the molecule is CC(=O)N1C[C@@H](NC(=O)c2ccc3[nH]c(=O)n(-c4ccc(C(F)(F)F)cn4)c3c2)[C@H](OC(C)(C)C)C1. The van der Waals surface area contributed by atoms with E-state index >= 15 is 0 Å². The van der Waals surface area contributed by atoms with E-state index in [1.807, 2.05) is 20.8 Å². The van der Waals surface area contributed by atoms with Crippen molar-refractivity contribution in [1.82, 2.24) is 24.8 Å². The summed E-state index contributed by atoms with van der Waals surface area (Å²) < 4.78 is 45.9. The maximum absolute atomic E-state index is 13.1. The summed E-state index contributed by atoms with van der Waals surface area (Å²) in [5.74, 6) is -0.602. The van der Waals surface area contributed by atoms with Crippen LogP contribution in [-0.2, 0) is 15.7 Å². The molecule has 12 heteroatoms. The standard InChI is InChI=1S/C24H26F3N5O4/c1-13(33)31-11-17(19(12-31)36-23(2,3)4)29-21(34)14-5-7-16-18(9-14)32(22(35)30-16)20-8-6-15(10-28-20)24(25,26)27/h5-10,17,19H,11-12H2,1-4H3,(H,29,34)(H,30,35)/t17-,19-/m1/s1. The largest absolute Gasteiger partial charge is 0.417 e. The fourth-order valence-electron chi connectivity index (χ4n) is 4.15. The highest BCUT2D eigenvalue weighted by atomic mass is 19.4. The van der Waals surface area contributed by atoms with E-state index in [9.17, 15) is 27.6 Å². The van der Waals surface area contributed by atoms with Crippen LogP contribution >= 0.6 is 0 Å². The number of amides is 2. The Balaban J connectivity index is 1.63. The van der Waals surface area contributed by atoms with Crippen molar-refractivity contribution in [2.24, 2.45) is 0 Å². The van der Waals surface area contributed by atoms with Crippen LogP contribution in [0.1, 0.15) is 43.6 Å². The van der Waals surface area contributed by atoms with Gasteiger partial charge in [0.15, 0.2) is 0 Å². The van der Waals surface area contributed by atoms with E-state index in [0.29, 0.717) is 18.3 Å². The van der Waals surface area contributed by atoms with E-state index in [-0.39, 0.29) is 29.3 Å². The number of hydrogen-bond acceptors (Lipinski definition) is 5. The maximum atomic E-state index is 13.1. The lowest BCUT2D eigenvalue weighted by molar-refractivity contribution is -0.137. The number of nitrogens with one attached hydrogen (secondary N) is 2. The van der Waals surface area contributed by atoms with Gasteiger partial charge in [-0.1, -0.05) is 0 Å². The Morgan fingerprint density at radius 2 is 1.86 bits per heavy atom. The Labute approximate surface area is 204 Å². The lowest BCUT2D eigenvalue weighted by atomic mass is 10.1. The van der Waals surface area contributed by atoms with Crippen LogP contribution in [0.15, 0.2) is 41.3 Å². The van der Waals surface area contributed by atoms with Crippen LogP contribution in [0.2, 0.25) is 0 Å². The molecule has 192 valence electrons. The van der Waals surface area contributed by atoms with Crippen molar-refractivity contribution in [2.75, 3.05) is 13.1 Å². The second kappa shape index (κ2) is 9.08. The van der Waals surface area contributed by atoms with E-state index in [2.05, 4.69) is 15.3 Å². The van der Waals surface area contributed by atoms with Gasteiger partial charge >= 0.3 is 11.9 Å². The number of aromatic amines is 1. The van der Waals surface area contributed by atoms with E-state index in [4.69, 9.17) is 4.74 Å². The molecular weight excluding hydrogens is 479 g/mol. The van der Waals surface area contributed by atoms with Crippen LogP contribution in [0.3, 0.4) is 0 Å². The lowest BCUT2D eigenvalue weighted by Gasteiger charge is -2.28. The third-order valence-electron chi connectivity index (χ3n) is 5.78. The van der Waals surface area contributed by atoms with Gasteiger partial charge in [0.2, 0.25) is 5.91 Å². The molecule has 0 bridgehead atoms. The molecule has 2 aromatic heterocycles. The average Bonchev–Trinajstić information content (AvgIpc) is 3.31. The fourth-order valence-corrected chi connectivity index (χ4v) is 4.15. The van der Waals surface area contributed by atoms with Gasteiger partial charge in [-0.2, -0.15) is 13.2 Å². The molecular formula is C24H26F3N5O4. The smallest absolute Gasteiger partial charge is 0.369 e. The number of carbonyl (C=O) groups is 2. The molecule has 3 aromatic rings. The second-order valence-electron chi connectivity index (χ2n) is 9.67. The molecule has 0 radical (unpaired) electrons. The Morgan fingerprint density at radius 1 is 1.14 bits per heavy atom. The molecule has 4 rings (SSSR count). The Morgan fingerprint density at radius 3 is 2.44 bits per heavy atom. The first-order valence-corrected chi connectivity index (χ1v) is 11.3. The summed E-state index contributed by atoms with van der Waals surface area (Å²) >= 11 is 0. The first-order valence-electron chi connectivity index (χ1n) is 11.3. The topological polar surface area (TPSA) is 109 Å². The molecule has 0 saturated carbocycles. The number of rotatable bonds is 4. The summed E-state index contributed by atoms with van der Waals surface area (Å²) in [6, 6.07) is 5.98. The zero-order chi connectivity index (χ0) is 26.4. The molecule has 1 aliphatic heterocycles. The van der Waals surface area contributed by atoms with Crippen LogP contribution in [0, 0.1) is 0 Å². The molecule has 0 aliphatic carbocycles. The summed E-state index contributed by atoms with van der Waals surface area (Å²) in [5, 5.41) is 2.91. The number of fused-ring (bicyclic) bond motifs is 1. The number of benzene rings is 1. The van der Waals surface area contributed by atoms with Gasteiger partial charge in [0.25, 0.3) is 5.91 Å². The predicted molar refractivity (Wildman–Crippen MR) is 125 cm³/mol. The van der Waals surface area contributed by atoms with Crippen molar-refractivity contribution < 1.29 is 27.5 Å². The number of aromatic nitrogens is 3. The monoisotopic (exact) mass is 505 g/mol. The highest BCUT2D eigenvalue weighted by Gasteiger charge is 2.38. The first-order chi connectivity index (χ1) is 16.7. The van der Waals surface area contributed by atoms with Crippen molar-refractivity contribution >= 4 is 22.8 Å². The molecule has 0 spiro atoms. The molecule has 1 aromatic carbocycles. The minimum atomic E-state index is -4.56. The van der Waals surface area contributed by atoms with Gasteiger partial charge in [0.05, 0.1) is 34.3 Å². The third kappa shape index (κ3) is 5.27. The summed E-state index contributed by atoms with van der Waals surface area (Å²) in [6.07, 6.45) is -4.33. The highest BCUT2D eigenvalue weighted by Crippen LogP contribution is 2.29. The lowest BCUT2D eigenvalue weighted by Crippen LogP contribution is -2.46. The Hall–Kier alpha value is -3.67. The molecule has 1 fully saturated rings. The van der Waals surface area contributed by atoms with Gasteiger partial charge in [-0.25, -0.2) is 14.3 Å². The molecule has 2 atom stereocenters. The van der Waals surface area contributed by atoms with E-state index in [0.717, 1.165) is 16.7 Å². The summed E-state index contributed by atoms with van der Waals surface area (Å²) in [6.45, 7) is 7.73. The van der Waals surface area contributed by atoms with Crippen molar-refractivity contribution in [1.29, 1.82) is 0 Å². The van der Waals surface area contributed by atoms with Gasteiger partial charge in [-0.3, -0.25) is 9.59 Å². The minimum Gasteiger partial charge on any atom is -0.369 e.